The van der Waals surface area contributed by atoms with E-state index in [-0.39, 0.29) is 6.61 Å². The minimum Gasteiger partial charge on any atom is -0.390 e. The molecule has 0 amide bonds. The number of aromatic nitrogens is 2. The van der Waals surface area contributed by atoms with Gasteiger partial charge in [0, 0.05) is 13.1 Å². The lowest BCUT2D eigenvalue weighted by molar-refractivity contribution is 0.199. The van der Waals surface area contributed by atoms with Gasteiger partial charge in [0.05, 0.1) is 24.7 Å². The van der Waals surface area contributed by atoms with Crippen molar-refractivity contribution in [3.63, 3.8) is 0 Å². The zero-order chi connectivity index (χ0) is 13.0. The lowest BCUT2D eigenvalue weighted by Crippen LogP contribution is -2.40. The van der Waals surface area contributed by atoms with E-state index < -0.39 is 0 Å². The van der Waals surface area contributed by atoms with E-state index in [0.29, 0.717) is 11.1 Å². The van der Waals surface area contributed by atoms with Crippen LogP contribution in [0, 0.1) is 5.41 Å². The minimum absolute atomic E-state index is 0.0396. The molecule has 4 nitrogen and oxygen atoms in total. The van der Waals surface area contributed by atoms with E-state index in [2.05, 4.69) is 28.7 Å². The topological polar surface area (TPSA) is 49.2 Å². The lowest BCUT2D eigenvalue weighted by Gasteiger charge is -2.41. The fraction of sp³-hybridized carbons (Fsp3) is 0.714. The Balaban J connectivity index is 2.00. The van der Waals surface area contributed by atoms with Gasteiger partial charge >= 0.3 is 0 Å². The summed E-state index contributed by atoms with van der Waals surface area (Å²) in [7, 11) is 0. The van der Waals surface area contributed by atoms with Crippen molar-refractivity contribution in [2.75, 3.05) is 18.0 Å². The molecule has 0 atom stereocenters. The second-order valence-electron chi connectivity index (χ2n) is 5.22. The van der Waals surface area contributed by atoms with Gasteiger partial charge in [0.25, 0.3) is 0 Å². The second kappa shape index (κ2) is 5.65. The van der Waals surface area contributed by atoms with Gasteiger partial charge in [-0.3, -0.25) is 4.98 Å². The van der Waals surface area contributed by atoms with Crippen molar-refractivity contribution in [3.05, 3.63) is 18.1 Å². The third-order valence-electron chi connectivity index (χ3n) is 4.50. The molecule has 0 saturated carbocycles. The molecule has 1 saturated heterocycles. The number of aliphatic hydroxyl groups excluding tert-OH is 1. The van der Waals surface area contributed by atoms with Crippen molar-refractivity contribution in [2.24, 2.45) is 5.41 Å². The number of anilines is 1. The fourth-order valence-corrected chi connectivity index (χ4v) is 2.76. The van der Waals surface area contributed by atoms with Crippen LogP contribution < -0.4 is 4.90 Å². The number of hydrogen-bond donors (Lipinski definition) is 1. The van der Waals surface area contributed by atoms with Gasteiger partial charge in [-0.2, -0.15) is 0 Å². The normalized spacial score (nSPS) is 18.9. The number of hydrogen-bond acceptors (Lipinski definition) is 4. The molecule has 1 aliphatic heterocycles. The Bertz CT molecular complexity index is 363. The highest BCUT2D eigenvalue weighted by Gasteiger charge is 2.31. The molecule has 4 heteroatoms. The molecule has 2 heterocycles. The molecule has 0 aliphatic carbocycles. The lowest BCUT2D eigenvalue weighted by atomic mass is 9.74. The number of nitrogens with zero attached hydrogens (tertiary/aromatic N) is 3. The molecule has 0 spiro atoms. The van der Waals surface area contributed by atoms with Crippen molar-refractivity contribution < 1.29 is 5.11 Å². The molecule has 18 heavy (non-hydrogen) atoms. The summed E-state index contributed by atoms with van der Waals surface area (Å²) in [5.74, 6) is 0.938. The summed E-state index contributed by atoms with van der Waals surface area (Å²) in [5.41, 5.74) is 1.17. The Labute approximate surface area is 109 Å². The average Bonchev–Trinajstić information content (AvgIpc) is 2.47. The Hall–Kier alpha value is -1.16. The fourth-order valence-electron chi connectivity index (χ4n) is 2.76. The second-order valence-corrected chi connectivity index (χ2v) is 5.22. The van der Waals surface area contributed by atoms with Crippen LogP contribution in [0.1, 0.15) is 45.2 Å². The van der Waals surface area contributed by atoms with E-state index in [4.69, 9.17) is 5.11 Å². The molecule has 1 aromatic rings. The van der Waals surface area contributed by atoms with Gasteiger partial charge in [0.1, 0.15) is 5.82 Å². The first-order chi connectivity index (χ1) is 8.73. The molecule has 0 aromatic carbocycles. The van der Waals surface area contributed by atoms with E-state index in [1.165, 1.54) is 25.7 Å². The van der Waals surface area contributed by atoms with E-state index in [0.717, 1.165) is 18.9 Å². The molecule has 0 bridgehead atoms. The number of piperidine rings is 1. The number of rotatable bonds is 4. The zero-order valence-corrected chi connectivity index (χ0v) is 11.4. The molecule has 1 aliphatic rings. The third-order valence-corrected chi connectivity index (χ3v) is 4.50. The van der Waals surface area contributed by atoms with Crippen molar-refractivity contribution in [1.29, 1.82) is 0 Å². The van der Waals surface area contributed by atoms with Crippen LogP contribution in [0.5, 0.6) is 0 Å². The van der Waals surface area contributed by atoms with E-state index >= 15 is 0 Å². The van der Waals surface area contributed by atoms with Gasteiger partial charge in [-0.25, -0.2) is 4.98 Å². The molecule has 1 fully saturated rings. The smallest absolute Gasteiger partial charge is 0.147 e. The van der Waals surface area contributed by atoms with Crippen LogP contribution in [0.2, 0.25) is 0 Å². The van der Waals surface area contributed by atoms with Crippen LogP contribution in [-0.2, 0) is 6.61 Å². The first-order valence-corrected chi connectivity index (χ1v) is 6.90. The summed E-state index contributed by atoms with van der Waals surface area (Å²) in [6, 6.07) is 0. The standard InChI is InChI=1S/C14H23N3O/c1-3-14(4-2)5-7-17(8-6-14)13-10-15-12(11-18)9-16-13/h9-10,18H,3-8,11H2,1-2H3. The average molecular weight is 249 g/mol. The Morgan fingerprint density at radius 1 is 1.17 bits per heavy atom. The van der Waals surface area contributed by atoms with Gasteiger partial charge in [-0.1, -0.05) is 26.7 Å². The predicted molar refractivity (Wildman–Crippen MR) is 72.4 cm³/mol. The van der Waals surface area contributed by atoms with Crippen LogP contribution in [0.25, 0.3) is 0 Å². The molecule has 2 rings (SSSR count). The summed E-state index contributed by atoms with van der Waals surface area (Å²) < 4.78 is 0. The van der Waals surface area contributed by atoms with Gasteiger partial charge < -0.3 is 10.0 Å². The zero-order valence-electron chi connectivity index (χ0n) is 11.4. The van der Waals surface area contributed by atoms with Crippen molar-refractivity contribution in [1.82, 2.24) is 9.97 Å². The largest absolute Gasteiger partial charge is 0.390 e. The molecule has 0 radical (unpaired) electrons. The van der Waals surface area contributed by atoms with Gasteiger partial charge in [0.15, 0.2) is 0 Å². The SMILES string of the molecule is CCC1(CC)CCN(c2cnc(CO)cn2)CC1. The maximum absolute atomic E-state index is 8.96. The molecule has 100 valence electrons. The Kier molecular flexibility index (Phi) is 4.17. The van der Waals surface area contributed by atoms with E-state index in [9.17, 15) is 0 Å². The quantitative estimate of drug-likeness (QED) is 0.890. The van der Waals surface area contributed by atoms with Crippen LogP contribution in [-0.4, -0.2) is 28.2 Å². The van der Waals surface area contributed by atoms with Crippen LogP contribution >= 0.6 is 0 Å². The van der Waals surface area contributed by atoms with Crippen molar-refractivity contribution in [2.45, 2.75) is 46.1 Å². The van der Waals surface area contributed by atoms with Gasteiger partial charge in [-0.15, -0.1) is 0 Å². The molecular weight excluding hydrogens is 226 g/mol. The molecular formula is C14H23N3O. The molecule has 1 N–H and O–H groups in total. The van der Waals surface area contributed by atoms with E-state index in [1.54, 1.807) is 12.4 Å². The van der Waals surface area contributed by atoms with Gasteiger partial charge in [-0.05, 0) is 18.3 Å². The van der Waals surface area contributed by atoms with Crippen molar-refractivity contribution in [3.8, 4) is 0 Å². The highest BCUT2D eigenvalue weighted by atomic mass is 16.3. The van der Waals surface area contributed by atoms with Crippen LogP contribution in [0.4, 0.5) is 5.82 Å². The summed E-state index contributed by atoms with van der Waals surface area (Å²) in [4.78, 5) is 10.9. The van der Waals surface area contributed by atoms with Crippen LogP contribution in [0.3, 0.4) is 0 Å². The highest BCUT2D eigenvalue weighted by Crippen LogP contribution is 2.38. The van der Waals surface area contributed by atoms with Gasteiger partial charge in [0.2, 0.25) is 0 Å². The first kappa shape index (κ1) is 13.3. The maximum atomic E-state index is 8.96. The summed E-state index contributed by atoms with van der Waals surface area (Å²) in [6.45, 7) is 6.69. The van der Waals surface area contributed by atoms with Crippen LogP contribution in [0.15, 0.2) is 12.4 Å². The molecule has 1 aromatic heterocycles. The number of aliphatic hydroxyl groups is 1. The predicted octanol–water partition coefficient (Wildman–Crippen LogP) is 2.38. The summed E-state index contributed by atoms with van der Waals surface area (Å²) in [5, 5.41) is 8.96. The monoisotopic (exact) mass is 249 g/mol. The first-order valence-electron chi connectivity index (χ1n) is 6.90. The highest BCUT2D eigenvalue weighted by molar-refractivity contribution is 5.36. The summed E-state index contributed by atoms with van der Waals surface area (Å²) >= 11 is 0. The Morgan fingerprint density at radius 2 is 1.83 bits per heavy atom. The Morgan fingerprint density at radius 3 is 2.28 bits per heavy atom. The molecule has 0 unspecified atom stereocenters. The third kappa shape index (κ3) is 2.64. The van der Waals surface area contributed by atoms with Crippen molar-refractivity contribution >= 4 is 5.82 Å². The minimum atomic E-state index is -0.0396. The maximum Gasteiger partial charge on any atom is 0.147 e. The van der Waals surface area contributed by atoms with E-state index in [1.807, 2.05) is 0 Å². The summed E-state index contributed by atoms with van der Waals surface area (Å²) in [6.07, 6.45) is 8.46.